The molecule has 2 aromatic carbocycles. The maximum absolute atomic E-state index is 13.8. The van der Waals surface area contributed by atoms with Crippen molar-refractivity contribution in [2.75, 3.05) is 72.0 Å². The lowest BCUT2D eigenvalue weighted by Gasteiger charge is -2.35. The number of rotatable bonds is 8. The number of carbonyl (C=O) groups excluding carboxylic acids is 2. The maximum Gasteiger partial charge on any atom is 0.256 e. The Balaban J connectivity index is 0.000000171. The van der Waals surface area contributed by atoms with Crippen molar-refractivity contribution in [1.82, 2.24) is 39.0 Å². The minimum absolute atomic E-state index is 0.00207. The molecule has 4 aliphatic heterocycles. The topological polar surface area (TPSA) is 214 Å². The SMILES string of the molecule is CS(=O)(=O)Cl.Cc1cn2nc([C@@H]3CCCCN3C(=O)c3c(C)cccc3N)cc2nc1N1CCC1.Cc1cn2nc([C@@H]3CCCCN3C(=O)c3c(C)cccc3NS(C)(=O)=O)cc2nc1N1CCC1. The van der Waals surface area contributed by atoms with Crippen molar-refractivity contribution in [2.45, 2.75) is 91.1 Å². The van der Waals surface area contributed by atoms with Crippen molar-refractivity contribution in [3.8, 4) is 0 Å². The van der Waals surface area contributed by atoms with E-state index >= 15 is 0 Å². The van der Waals surface area contributed by atoms with Crippen LogP contribution in [0.4, 0.5) is 23.0 Å². The number of benzene rings is 2. The molecule has 10 rings (SSSR count). The lowest BCUT2D eigenvalue weighted by Crippen LogP contribution is -2.39. The molecule has 0 aliphatic carbocycles. The fourth-order valence-electron chi connectivity index (χ4n) is 9.53. The molecule has 4 saturated heterocycles. The van der Waals surface area contributed by atoms with Crippen molar-refractivity contribution in [2.24, 2.45) is 0 Å². The van der Waals surface area contributed by atoms with Crippen LogP contribution < -0.4 is 20.3 Å². The lowest BCUT2D eigenvalue weighted by molar-refractivity contribution is 0.0599. The molecule has 3 N–H and O–H groups in total. The average molecular weight is 1000 g/mol. The number of aromatic nitrogens is 6. The summed E-state index contributed by atoms with van der Waals surface area (Å²) in [5.74, 6) is 1.86. The number of nitrogen functional groups attached to an aromatic ring is 1. The minimum atomic E-state index is -3.53. The summed E-state index contributed by atoms with van der Waals surface area (Å²) in [6.45, 7) is 13.4. The van der Waals surface area contributed by atoms with Crippen LogP contribution in [-0.4, -0.2) is 119 Å². The molecular weight excluding hydrogens is 940 g/mol. The molecule has 0 saturated carbocycles. The van der Waals surface area contributed by atoms with Crippen molar-refractivity contribution in [3.05, 3.63) is 106 Å². The van der Waals surface area contributed by atoms with E-state index in [0.29, 0.717) is 29.0 Å². The van der Waals surface area contributed by atoms with E-state index in [-0.39, 0.29) is 23.9 Å². The molecule has 4 aliphatic rings. The predicted octanol–water partition coefficient (Wildman–Crippen LogP) is 6.99. The number of piperidine rings is 2. The third-order valence-corrected chi connectivity index (χ3v) is 13.7. The van der Waals surface area contributed by atoms with Gasteiger partial charge in [-0.25, -0.2) is 35.8 Å². The Kier molecular flexibility index (Phi) is 14.4. The highest BCUT2D eigenvalue weighted by molar-refractivity contribution is 8.13. The number of hydrogen-bond acceptors (Lipinski definition) is 13. The van der Waals surface area contributed by atoms with Gasteiger partial charge in [-0.2, -0.15) is 10.2 Å². The Hall–Kier alpha value is -5.99. The first-order valence-corrected chi connectivity index (χ1v) is 28.0. The number of hydrogen-bond donors (Lipinski definition) is 2. The first kappa shape index (κ1) is 49.4. The highest BCUT2D eigenvalue weighted by Crippen LogP contribution is 2.36. The van der Waals surface area contributed by atoms with E-state index in [1.165, 1.54) is 12.8 Å². The number of likely N-dealkylation sites (tertiary alicyclic amines) is 2. The van der Waals surface area contributed by atoms with Crippen LogP contribution in [0.25, 0.3) is 11.3 Å². The number of amides is 2. The van der Waals surface area contributed by atoms with E-state index in [4.69, 9.17) is 25.9 Å². The van der Waals surface area contributed by atoms with Crippen LogP contribution in [0.3, 0.4) is 0 Å². The van der Waals surface area contributed by atoms with Crippen LogP contribution in [0, 0.1) is 27.7 Å². The number of carbonyl (C=O) groups is 2. The van der Waals surface area contributed by atoms with Gasteiger partial charge in [-0.05, 0) is 102 Å². The van der Waals surface area contributed by atoms with E-state index in [1.54, 1.807) is 22.7 Å². The van der Waals surface area contributed by atoms with E-state index < -0.39 is 19.1 Å². The maximum atomic E-state index is 13.8. The molecule has 69 heavy (non-hydrogen) atoms. The van der Waals surface area contributed by atoms with Crippen LogP contribution in [0.2, 0.25) is 0 Å². The van der Waals surface area contributed by atoms with E-state index in [0.717, 1.165) is 140 Å². The molecule has 18 nitrogen and oxygen atoms in total. The molecule has 2 amide bonds. The van der Waals surface area contributed by atoms with E-state index in [9.17, 15) is 26.4 Å². The summed E-state index contributed by atoms with van der Waals surface area (Å²) in [4.78, 5) is 45.4. The summed E-state index contributed by atoms with van der Waals surface area (Å²) >= 11 is 0. The Morgan fingerprint density at radius 3 is 1.48 bits per heavy atom. The molecule has 8 heterocycles. The van der Waals surface area contributed by atoms with E-state index in [1.807, 2.05) is 77.8 Å². The zero-order valence-electron chi connectivity index (χ0n) is 40.0. The number of aryl methyl sites for hydroxylation is 4. The third kappa shape index (κ3) is 11.2. The number of nitrogens with zero attached hydrogens (tertiary/aromatic N) is 10. The van der Waals surface area contributed by atoms with Crippen LogP contribution in [0.15, 0.2) is 60.9 Å². The molecule has 0 unspecified atom stereocenters. The number of nitrogens with one attached hydrogen (secondary N) is 1. The monoisotopic (exact) mass is 1000 g/mol. The van der Waals surface area contributed by atoms with Crippen molar-refractivity contribution < 1.29 is 26.4 Å². The highest BCUT2D eigenvalue weighted by atomic mass is 35.7. The van der Waals surface area contributed by atoms with Gasteiger partial charge in [-0.1, -0.05) is 24.3 Å². The minimum Gasteiger partial charge on any atom is -0.398 e. The molecule has 0 bridgehead atoms. The number of sulfonamides is 1. The fraction of sp³-hybridized carbons (Fsp3) is 0.458. The number of nitrogens with two attached hydrogens (primary N) is 1. The highest BCUT2D eigenvalue weighted by Gasteiger charge is 2.35. The third-order valence-electron chi connectivity index (χ3n) is 13.1. The second kappa shape index (κ2) is 20.2. The summed E-state index contributed by atoms with van der Waals surface area (Å²) in [7, 11) is -2.22. The van der Waals surface area contributed by atoms with Gasteiger partial charge in [0, 0.05) is 91.3 Å². The standard InChI is InChI=1S/C24H30N6O3S.C23H28N6O.CH3ClO2S/c1-16-8-6-9-18(27-34(3,32)33)22(16)24(31)29-13-5-4-10-20(29)19-14-21-25-23(28-11-7-12-28)17(2)15-30(21)26-19;1-15-7-5-8-17(24)21(15)23(30)28-12-4-3-9-19(28)18-13-20-25-22(27-10-6-11-27)16(2)14-29(20)26-18;1-5(2,3)4/h6,8-9,14-15,20,27H,4-5,7,10-13H2,1-3H3;5,7-8,13-14,19H,3-4,6,9-12,24H2,1-2H3;1H3/t20-;19-;/m00./s1. The lowest BCUT2D eigenvalue weighted by atomic mass is 9.96. The second-order valence-corrected chi connectivity index (χ2v) is 23.3. The first-order chi connectivity index (χ1) is 32.7. The Morgan fingerprint density at radius 2 is 1.06 bits per heavy atom. The summed E-state index contributed by atoms with van der Waals surface area (Å²) in [6, 6.07) is 14.6. The van der Waals surface area contributed by atoms with Gasteiger partial charge in [0.1, 0.15) is 11.6 Å². The van der Waals surface area contributed by atoms with Crippen LogP contribution >= 0.6 is 10.7 Å². The summed E-state index contributed by atoms with van der Waals surface area (Å²) in [6.07, 6.45) is 14.1. The fourth-order valence-corrected chi connectivity index (χ4v) is 10.1. The van der Waals surface area contributed by atoms with Gasteiger partial charge in [-0.3, -0.25) is 14.3 Å². The van der Waals surface area contributed by atoms with Gasteiger partial charge in [0.05, 0.1) is 52.8 Å². The molecule has 2 atom stereocenters. The first-order valence-electron chi connectivity index (χ1n) is 23.4. The molecule has 0 spiro atoms. The van der Waals surface area contributed by atoms with Crippen molar-refractivity contribution >= 4 is 75.9 Å². The molecule has 0 radical (unpaired) electrons. The summed E-state index contributed by atoms with van der Waals surface area (Å²) in [5.41, 5.74) is 15.2. The van der Waals surface area contributed by atoms with Gasteiger partial charge < -0.3 is 25.3 Å². The van der Waals surface area contributed by atoms with Gasteiger partial charge >= 0.3 is 0 Å². The number of halogens is 1. The molecule has 6 aromatic rings. The van der Waals surface area contributed by atoms with Crippen LogP contribution in [0.5, 0.6) is 0 Å². The molecule has 4 aromatic heterocycles. The number of anilines is 4. The van der Waals surface area contributed by atoms with Gasteiger partial charge in [0.25, 0.3) is 11.8 Å². The summed E-state index contributed by atoms with van der Waals surface area (Å²) < 4.78 is 48.8. The quantitative estimate of drug-likeness (QED) is 0.116. The second-order valence-electron chi connectivity index (χ2n) is 18.5. The van der Waals surface area contributed by atoms with Crippen LogP contribution in [0.1, 0.15) is 118 Å². The van der Waals surface area contributed by atoms with Crippen molar-refractivity contribution in [3.63, 3.8) is 0 Å². The van der Waals surface area contributed by atoms with Crippen molar-refractivity contribution in [1.29, 1.82) is 0 Å². The van der Waals surface area contributed by atoms with Gasteiger partial charge in [0.2, 0.25) is 19.1 Å². The Bertz CT molecular complexity index is 3110. The zero-order chi connectivity index (χ0) is 49.4. The smallest absolute Gasteiger partial charge is 0.256 e. The van der Waals surface area contributed by atoms with Crippen LogP contribution in [-0.2, 0) is 19.1 Å². The molecule has 368 valence electrons. The molecule has 21 heteroatoms. The van der Waals surface area contributed by atoms with Gasteiger partial charge in [-0.15, -0.1) is 0 Å². The van der Waals surface area contributed by atoms with Gasteiger partial charge in [0.15, 0.2) is 11.3 Å². The largest absolute Gasteiger partial charge is 0.398 e. The predicted molar refractivity (Wildman–Crippen MR) is 270 cm³/mol. The Labute approximate surface area is 408 Å². The molecular formula is C48H61ClN12O6S2. The zero-order valence-corrected chi connectivity index (χ0v) is 42.4. The number of fused-ring (bicyclic) bond motifs is 2. The summed E-state index contributed by atoms with van der Waals surface area (Å²) in [5, 5.41) is 9.63. The molecule has 4 fully saturated rings. The average Bonchev–Trinajstić information content (AvgIpc) is 3.85. The Morgan fingerprint density at radius 1 is 0.623 bits per heavy atom. The normalized spacial score (nSPS) is 18.4. The van der Waals surface area contributed by atoms with E-state index in [2.05, 4.69) is 32.1 Å².